The fourth-order valence-corrected chi connectivity index (χ4v) is 4.91. The lowest BCUT2D eigenvalue weighted by molar-refractivity contribution is -0.139. The van der Waals surface area contributed by atoms with Gasteiger partial charge < -0.3 is 10.2 Å². The van der Waals surface area contributed by atoms with E-state index in [9.17, 15) is 9.59 Å². The maximum absolute atomic E-state index is 13.3. The number of benzene rings is 2. The summed E-state index contributed by atoms with van der Waals surface area (Å²) in [5.41, 5.74) is 2.94. The summed E-state index contributed by atoms with van der Waals surface area (Å²) in [4.78, 5) is 27.8. The second-order valence-corrected chi connectivity index (χ2v) is 9.53. The Balaban J connectivity index is 2.18. The largest absolute Gasteiger partial charge is 0.352 e. The number of amides is 2. The van der Waals surface area contributed by atoms with Crippen LogP contribution in [0.2, 0.25) is 10.0 Å². The smallest absolute Gasteiger partial charge is 0.243 e. The molecule has 31 heavy (non-hydrogen) atoms. The Morgan fingerprint density at radius 2 is 1.71 bits per heavy atom. The molecule has 4 nitrogen and oxygen atoms in total. The lowest BCUT2D eigenvalue weighted by Gasteiger charge is -2.31. The lowest BCUT2D eigenvalue weighted by atomic mass is 10.1. The van der Waals surface area contributed by atoms with Crippen LogP contribution in [-0.2, 0) is 21.9 Å². The highest BCUT2D eigenvalue weighted by atomic mass is 35.5. The molecule has 2 aromatic rings. The number of hydrogen-bond acceptors (Lipinski definition) is 3. The molecule has 2 amide bonds. The molecule has 0 aliphatic carbocycles. The Bertz CT molecular complexity index is 885. The number of thioether (sulfide) groups is 1. The van der Waals surface area contributed by atoms with Crippen LogP contribution in [0.5, 0.6) is 0 Å². The first-order valence-corrected chi connectivity index (χ1v) is 12.3. The maximum Gasteiger partial charge on any atom is 0.243 e. The van der Waals surface area contributed by atoms with Gasteiger partial charge in [0.15, 0.2) is 0 Å². The van der Waals surface area contributed by atoms with Crippen LogP contribution < -0.4 is 5.32 Å². The van der Waals surface area contributed by atoms with E-state index in [0.29, 0.717) is 28.8 Å². The van der Waals surface area contributed by atoms with Crippen molar-refractivity contribution in [2.75, 3.05) is 5.75 Å². The fraction of sp³-hybridized carbons (Fsp3) is 0.417. The summed E-state index contributed by atoms with van der Waals surface area (Å²) in [6.07, 6.45) is 0.539. The zero-order chi connectivity index (χ0) is 23.0. The van der Waals surface area contributed by atoms with E-state index in [0.717, 1.165) is 16.7 Å². The van der Waals surface area contributed by atoms with E-state index in [4.69, 9.17) is 23.2 Å². The van der Waals surface area contributed by atoms with Crippen molar-refractivity contribution < 1.29 is 9.59 Å². The topological polar surface area (TPSA) is 49.4 Å². The predicted molar refractivity (Wildman–Crippen MR) is 132 cm³/mol. The molecule has 0 radical (unpaired) electrons. The minimum absolute atomic E-state index is 0.00806. The number of carbonyl (C=O) groups excluding carboxylic acids is 2. The van der Waals surface area contributed by atoms with Crippen LogP contribution in [0.15, 0.2) is 42.5 Å². The van der Waals surface area contributed by atoms with Crippen LogP contribution in [-0.4, -0.2) is 34.6 Å². The second kappa shape index (κ2) is 12.4. The summed E-state index contributed by atoms with van der Waals surface area (Å²) < 4.78 is 0. The number of nitrogens with zero attached hydrogens (tertiary/aromatic N) is 1. The Labute approximate surface area is 199 Å². The molecule has 7 heteroatoms. The van der Waals surface area contributed by atoms with Gasteiger partial charge in [0.05, 0.1) is 5.75 Å². The van der Waals surface area contributed by atoms with E-state index in [1.807, 2.05) is 52.0 Å². The molecule has 1 unspecified atom stereocenters. The molecular formula is C24H30Cl2N2O2S. The normalized spacial score (nSPS) is 12.0. The van der Waals surface area contributed by atoms with Gasteiger partial charge >= 0.3 is 0 Å². The van der Waals surface area contributed by atoms with Crippen LogP contribution in [0.4, 0.5) is 0 Å². The highest BCUT2D eigenvalue weighted by Crippen LogP contribution is 2.28. The molecule has 0 aliphatic rings. The summed E-state index contributed by atoms with van der Waals surface area (Å²) in [6.45, 7) is 8.17. The van der Waals surface area contributed by atoms with Crippen LogP contribution in [0.1, 0.15) is 43.9 Å². The quantitative estimate of drug-likeness (QED) is 0.462. The van der Waals surface area contributed by atoms with E-state index < -0.39 is 6.04 Å². The van der Waals surface area contributed by atoms with E-state index in [2.05, 4.69) is 5.32 Å². The van der Waals surface area contributed by atoms with Crippen LogP contribution >= 0.6 is 35.0 Å². The molecule has 2 rings (SSSR count). The molecule has 0 spiro atoms. The van der Waals surface area contributed by atoms with Gasteiger partial charge in [0.2, 0.25) is 11.8 Å². The van der Waals surface area contributed by atoms with Crippen molar-refractivity contribution in [3.05, 3.63) is 69.2 Å². The molecule has 0 bridgehead atoms. The van der Waals surface area contributed by atoms with Crippen molar-refractivity contribution in [3.63, 3.8) is 0 Å². The van der Waals surface area contributed by atoms with Crippen molar-refractivity contribution in [3.8, 4) is 0 Å². The third-order valence-corrected chi connectivity index (χ3v) is 6.60. The Morgan fingerprint density at radius 3 is 2.29 bits per heavy atom. The molecule has 2 aromatic carbocycles. The molecule has 168 valence electrons. The van der Waals surface area contributed by atoms with Gasteiger partial charge in [-0.2, -0.15) is 0 Å². The maximum atomic E-state index is 13.3. The third kappa shape index (κ3) is 7.44. The highest BCUT2D eigenvalue weighted by molar-refractivity contribution is 7.99. The first kappa shape index (κ1) is 25.6. The summed E-state index contributed by atoms with van der Waals surface area (Å²) >= 11 is 13.9. The van der Waals surface area contributed by atoms with Gasteiger partial charge in [0, 0.05) is 28.4 Å². The number of aryl methyl sites for hydroxylation is 1. The van der Waals surface area contributed by atoms with E-state index >= 15 is 0 Å². The standard InChI is InChI=1S/C24H30Cl2N2O2S/c1-5-22(24(30)27-16(2)3)28(13-18-10-7-6-9-17(18)4)23(29)15-31-14-19-20(25)11-8-12-21(19)26/h6-12,16,22H,5,13-15H2,1-4H3,(H,27,30). The van der Waals surface area contributed by atoms with Crippen LogP contribution in [0.3, 0.4) is 0 Å². The third-order valence-electron chi connectivity index (χ3n) is 4.95. The first-order valence-electron chi connectivity index (χ1n) is 10.4. The predicted octanol–water partition coefficient (Wildman–Crippen LogP) is 5.87. The molecule has 0 fully saturated rings. The zero-order valence-corrected chi connectivity index (χ0v) is 20.8. The van der Waals surface area contributed by atoms with Gasteiger partial charge in [0.25, 0.3) is 0 Å². The number of hydrogen-bond donors (Lipinski definition) is 1. The van der Waals surface area contributed by atoms with Crippen molar-refractivity contribution in [1.29, 1.82) is 0 Å². The fourth-order valence-electron chi connectivity index (χ4n) is 3.26. The Hall–Kier alpha value is -1.69. The number of rotatable bonds is 10. The molecule has 1 atom stereocenters. The molecular weight excluding hydrogens is 451 g/mol. The molecule has 0 aromatic heterocycles. The monoisotopic (exact) mass is 480 g/mol. The average molecular weight is 481 g/mol. The molecule has 0 saturated carbocycles. The molecule has 0 heterocycles. The van der Waals surface area contributed by atoms with Crippen LogP contribution in [0.25, 0.3) is 0 Å². The van der Waals surface area contributed by atoms with Crippen molar-refractivity contribution >= 4 is 46.8 Å². The van der Waals surface area contributed by atoms with Gasteiger partial charge in [-0.1, -0.05) is 60.5 Å². The van der Waals surface area contributed by atoms with Gasteiger partial charge in [-0.05, 0) is 56.0 Å². The van der Waals surface area contributed by atoms with E-state index in [1.165, 1.54) is 11.8 Å². The Morgan fingerprint density at radius 1 is 1.06 bits per heavy atom. The van der Waals surface area contributed by atoms with Crippen molar-refractivity contribution in [2.45, 2.75) is 58.5 Å². The zero-order valence-electron chi connectivity index (χ0n) is 18.5. The van der Waals surface area contributed by atoms with Gasteiger partial charge in [-0.25, -0.2) is 0 Å². The average Bonchev–Trinajstić information content (AvgIpc) is 2.70. The minimum atomic E-state index is -0.529. The summed E-state index contributed by atoms with van der Waals surface area (Å²) in [5.74, 6) is 0.553. The Kier molecular flexibility index (Phi) is 10.2. The van der Waals surface area contributed by atoms with Crippen LogP contribution in [0, 0.1) is 6.92 Å². The van der Waals surface area contributed by atoms with Crippen molar-refractivity contribution in [1.82, 2.24) is 10.2 Å². The first-order chi connectivity index (χ1) is 14.7. The lowest BCUT2D eigenvalue weighted by Crippen LogP contribution is -2.51. The summed E-state index contributed by atoms with van der Waals surface area (Å²) in [7, 11) is 0. The summed E-state index contributed by atoms with van der Waals surface area (Å²) in [5, 5.41) is 4.13. The van der Waals surface area contributed by atoms with E-state index in [1.54, 1.807) is 23.1 Å². The minimum Gasteiger partial charge on any atom is -0.352 e. The highest BCUT2D eigenvalue weighted by Gasteiger charge is 2.29. The van der Waals surface area contributed by atoms with Gasteiger partial charge in [-0.15, -0.1) is 11.8 Å². The molecule has 0 aliphatic heterocycles. The SMILES string of the molecule is CCC(C(=O)NC(C)C)N(Cc1ccccc1C)C(=O)CSCc1c(Cl)cccc1Cl. The number of carbonyl (C=O) groups is 2. The molecule has 0 saturated heterocycles. The molecule has 1 N–H and O–H groups in total. The van der Waals surface area contributed by atoms with Crippen molar-refractivity contribution in [2.24, 2.45) is 0 Å². The van der Waals surface area contributed by atoms with Gasteiger partial charge in [-0.3, -0.25) is 9.59 Å². The second-order valence-electron chi connectivity index (χ2n) is 7.73. The summed E-state index contributed by atoms with van der Waals surface area (Å²) in [6, 6.07) is 12.8. The number of nitrogens with one attached hydrogen (secondary N) is 1. The number of halogens is 2. The van der Waals surface area contributed by atoms with E-state index in [-0.39, 0.29) is 23.6 Å². The van der Waals surface area contributed by atoms with Gasteiger partial charge in [0.1, 0.15) is 6.04 Å².